The monoisotopic (exact) mass is 270 g/mol. The number of fused-ring (bicyclic) bond motifs is 2. The van der Waals surface area contributed by atoms with Crippen LogP contribution in [0.4, 0.5) is 0 Å². The van der Waals surface area contributed by atoms with Gasteiger partial charge in [0, 0.05) is 0 Å². The lowest BCUT2D eigenvalue weighted by molar-refractivity contribution is 0.594. The van der Waals surface area contributed by atoms with Crippen molar-refractivity contribution in [3.8, 4) is 5.69 Å². The number of hydrogen-bond acceptors (Lipinski definition) is 3. The molecule has 0 unspecified atom stereocenters. The maximum atomic E-state index is 12.7. The number of rotatable bonds is 0. The van der Waals surface area contributed by atoms with Crippen LogP contribution in [0, 0.1) is 6.92 Å². The predicted molar refractivity (Wildman–Crippen MR) is 71.3 cm³/mol. The van der Waals surface area contributed by atoms with Crippen molar-refractivity contribution in [2.24, 2.45) is 0 Å². The smallest absolute Gasteiger partial charge is 0.210 e. The summed E-state index contributed by atoms with van der Waals surface area (Å²) in [5.41, 5.74) is 2.08. The van der Waals surface area contributed by atoms with Gasteiger partial charge in [-0.2, -0.15) is 0 Å². The SMILES string of the molecule is Cc1nc2cccc3c2n1-c1ccccc1S3(=O)=O. The molecule has 5 heteroatoms. The molecule has 0 fully saturated rings. The van der Waals surface area contributed by atoms with Crippen molar-refractivity contribution in [2.45, 2.75) is 16.7 Å². The quantitative estimate of drug-likeness (QED) is 0.493. The van der Waals surface area contributed by atoms with E-state index >= 15 is 0 Å². The second-order valence-corrected chi connectivity index (χ2v) is 6.48. The molecule has 0 saturated carbocycles. The van der Waals surface area contributed by atoms with E-state index in [4.69, 9.17) is 0 Å². The fourth-order valence-corrected chi connectivity index (χ4v) is 4.35. The molecule has 1 aliphatic heterocycles. The number of sulfone groups is 1. The summed E-state index contributed by atoms with van der Waals surface area (Å²) in [5, 5.41) is 0. The minimum absolute atomic E-state index is 0.337. The second kappa shape index (κ2) is 3.24. The molecule has 0 bridgehead atoms. The molecule has 3 aromatic rings. The topological polar surface area (TPSA) is 52.0 Å². The summed E-state index contributed by atoms with van der Waals surface area (Å²) in [6.45, 7) is 1.89. The van der Waals surface area contributed by atoms with Crippen LogP contribution >= 0.6 is 0 Å². The summed E-state index contributed by atoms with van der Waals surface area (Å²) >= 11 is 0. The van der Waals surface area contributed by atoms with Gasteiger partial charge in [0.2, 0.25) is 9.84 Å². The Morgan fingerprint density at radius 1 is 1.00 bits per heavy atom. The summed E-state index contributed by atoms with van der Waals surface area (Å²) in [4.78, 5) is 5.13. The van der Waals surface area contributed by atoms with Crippen LogP contribution in [-0.4, -0.2) is 18.0 Å². The van der Waals surface area contributed by atoms with Crippen LogP contribution in [0.3, 0.4) is 0 Å². The van der Waals surface area contributed by atoms with E-state index in [1.807, 2.05) is 29.7 Å². The highest BCUT2D eigenvalue weighted by Crippen LogP contribution is 2.38. The van der Waals surface area contributed by atoms with Gasteiger partial charge in [-0.15, -0.1) is 0 Å². The maximum absolute atomic E-state index is 12.7. The molecule has 2 aromatic carbocycles. The first kappa shape index (κ1) is 10.8. The first-order chi connectivity index (χ1) is 9.10. The van der Waals surface area contributed by atoms with Gasteiger partial charge in [-0.1, -0.05) is 18.2 Å². The summed E-state index contributed by atoms with van der Waals surface area (Å²) in [7, 11) is -3.46. The van der Waals surface area contributed by atoms with Crippen LogP contribution in [-0.2, 0) is 9.84 Å². The molecular formula is C14H10N2O2S. The van der Waals surface area contributed by atoms with Gasteiger partial charge in [-0.05, 0) is 31.2 Å². The van der Waals surface area contributed by atoms with Crippen molar-refractivity contribution in [1.29, 1.82) is 0 Å². The highest BCUT2D eigenvalue weighted by molar-refractivity contribution is 7.92. The van der Waals surface area contributed by atoms with E-state index in [0.717, 1.165) is 5.82 Å². The lowest BCUT2D eigenvalue weighted by Crippen LogP contribution is -2.14. The van der Waals surface area contributed by atoms with Crippen LogP contribution in [0.2, 0.25) is 0 Å². The minimum atomic E-state index is -3.46. The van der Waals surface area contributed by atoms with Crippen molar-refractivity contribution >= 4 is 20.9 Å². The minimum Gasteiger partial charge on any atom is -0.294 e. The summed E-state index contributed by atoms with van der Waals surface area (Å²) in [6.07, 6.45) is 0. The molecular weight excluding hydrogens is 260 g/mol. The van der Waals surface area contributed by atoms with E-state index in [1.165, 1.54) is 0 Å². The molecule has 0 saturated heterocycles. The van der Waals surface area contributed by atoms with Crippen molar-refractivity contribution in [1.82, 2.24) is 9.55 Å². The third-order valence-electron chi connectivity index (χ3n) is 3.49. The Morgan fingerprint density at radius 3 is 2.58 bits per heavy atom. The summed E-state index contributed by atoms with van der Waals surface area (Å²) < 4.78 is 27.2. The van der Waals surface area contributed by atoms with Crippen LogP contribution < -0.4 is 0 Å². The zero-order valence-corrected chi connectivity index (χ0v) is 11.0. The molecule has 0 spiro atoms. The molecule has 0 atom stereocenters. The van der Waals surface area contributed by atoms with Crippen LogP contribution in [0.25, 0.3) is 16.7 Å². The average molecular weight is 270 g/mol. The fourth-order valence-electron chi connectivity index (χ4n) is 2.71. The molecule has 0 N–H and O–H groups in total. The zero-order valence-electron chi connectivity index (χ0n) is 10.2. The maximum Gasteiger partial charge on any atom is 0.210 e. The Hall–Kier alpha value is -2.14. The van der Waals surface area contributed by atoms with Crippen molar-refractivity contribution in [3.63, 3.8) is 0 Å². The van der Waals surface area contributed by atoms with Gasteiger partial charge in [-0.3, -0.25) is 4.57 Å². The third kappa shape index (κ3) is 1.18. The van der Waals surface area contributed by atoms with Gasteiger partial charge in [0.25, 0.3) is 0 Å². The average Bonchev–Trinajstić information content (AvgIpc) is 2.73. The van der Waals surface area contributed by atoms with Crippen molar-refractivity contribution in [3.05, 3.63) is 48.3 Å². The van der Waals surface area contributed by atoms with E-state index in [9.17, 15) is 8.42 Å². The number of imidazole rings is 1. The third-order valence-corrected chi connectivity index (χ3v) is 5.33. The Bertz CT molecular complexity index is 939. The molecule has 0 radical (unpaired) electrons. The fraction of sp³-hybridized carbons (Fsp3) is 0.0714. The molecule has 0 aliphatic carbocycles. The molecule has 2 heterocycles. The van der Waals surface area contributed by atoms with Crippen molar-refractivity contribution in [2.75, 3.05) is 0 Å². The number of aromatic nitrogens is 2. The van der Waals surface area contributed by atoms with Crippen LogP contribution in [0.1, 0.15) is 5.82 Å². The molecule has 1 aliphatic rings. The number of para-hydroxylation sites is 2. The highest BCUT2D eigenvalue weighted by Gasteiger charge is 2.31. The van der Waals surface area contributed by atoms with E-state index in [-0.39, 0.29) is 0 Å². The van der Waals surface area contributed by atoms with Gasteiger partial charge < -0.3 is 0 Å². The van der Waals surface area contributed by atoms with Gasteiger partial charge in [-0.25, -0.2) is 13.4 Å². The zero-order chi connectivity index (χ0) is 13.2. The molecule has 94 valence electrons. The molecule has 0 amide bonds. The Balaban J connectivity index is 2.37. The largest absolute Gasteiger partial charge is 0.294 e. The van der Waals surface area contributed by atoms with E-state index in [0.29, 0.717) is 26.5 Å². The Kier molecular flexibility index (Phi) is 1.84. The predicted octanol–water partition coefficient (Wildman–Crippen LogP) is 2.48. The number of nitrogens with zero attached hydrogens (tertiary/aromatic N) is 2. The summed E-state index contributed by atoms with van der Waals surface area (Å²) in [5.74, 6) is 0.796. The van der Waals surface area contributed by atoms with Gasteiger partial charge in [0.15, 0.2) is 0 Å². The first-order valence-corrected chi connectivity index (χ1v) is 7.41. The number of benzene rings is 2. The lowest BCUT2D eigenvalue weighted by Gasteiger charge is -2.19. The van der Waals surface area contributed by atoms with E-state index in [1.54, 1.807) is 24.3 Å². The standard InChI is InChI=1S/C14H10N2O2S/c1-9-15-10-5-4-8-13-14(10)16(9)11-6-2-3-7-12(11)19(13,17)18/h2-8H,1H3. The molecule has 4 rings (SSSR count). The Morgan fingerprint density at radius 2 is 1.74 bits per heavy atom. The number of aryl methyl sites for hydroxylation is 1. The number of hydrogen-bond donors (Lipinski definition) is 0. The van der Waals surface area contributed by atoms with Gasteiger partial charge >= 0.3 is 0 Å². The summed E-state index contributed by atoms with van der Waals surface area (Å²) in [6, 6.07) is 12.3. The molecule has 1 aromatic heterocycles. The van der Waals surface area contributed by atoms with Crippen LogP contribution in [0.5, 0.6) is 0 Å². The molecule has 4 nitrogen and oxygen atoms in total. The van der Waals surface area contributed by atoms with Crippen molar-refractivity contribution < 1.29 is 8.42 Å². The van der Waals surface area contributed by atoms with Gasteiger partial charge in [0.1, 0.15) is 5.82 Å². The van der Waals surface area contributed by atoms with E-state index in [2.05, 4.69) is 4.98 Å². The highest BCUT2D eigenvalue weighted by atomic mass is 32.2. The lowest BCUT2D eigenvalue weighted by atomic mass is 10.2. The first-order valence-electron chi connectivity index (χ1n) is 5.93. The van der Waals surface area contributed by atoms with Gasteiger partial charge in [0.05, 0.1) is 26.5 Å². The second-order valence-electron chi connectivity index (χ2n) is 4.59. The van der Waals surface area contributed by atoms with Crippen LogP contribution in [0.15, 0.2) is 52.3 Å². The molecule has 19 heavy (non-hydrogen) atoms. The Labute approximate surface area is 110 Å². The normalized spacial score (nSPS) is 15.4. The van der Waals surface area contributed by atoms with E-state index < -0.39 is 9.84 Å².